The number of carboxylic acid groups (broad SMARTS) is 1. The third-order valence-corrected chi connectivity index (χ3v) is 2.32. The van der Waals surface area contributed by atoms with Gasteiger partial charge in [-0.15, -0.1) is 0 Å². The Kier molecular flexibility index (Phi) is 23.4. The monoisotopic (exact) mass is 329 g/mol. The lowest BCUT2D eigenvalue weighted by atomic mass is 10.1. The Morgan fingerprint density at radius 2 is 1.74 bits per heavy atom. The van der Waals surface area contributed by atoms with Crippen LogP contribution in [-0.2, 0) is 11.2 Å². The van der Waals surface area contributed by atoms with Crippen LogP contribution in [0, 0.1) is 6.92 Å². The second-order valence-electron chi connectivity index (χ2n) is 4.70. The Hall–Kier alpha value is -1.59. The number of aliphatic hydroxyl groups excluding tert-OH is 1. The summed E-state index contributed by atoms with van der Waals surface area (Å²) in [5.74, 6) is 0. The highest BCUT2D eigenvalue weighted by molar-refractivity contribution is 5.64. The number of nitrogens with one attached hydrogen (secondary N) is 1. The maximum atomic E-state index is 9.70. The maximum absolute atomic E-state index is 9.70. The van der Waals surface area contributed by atoms with E-state index in [0.717, 1.165) is 0 Å². The lowest BCUT2D eigenvalue weighted by Gasteiger charge is -2.01. The molecule has 3 N–H and O–H groups in total. The van der Waals surface area contributed by atoms with Crippen molar-refractivity contribution in [2.75, 3.05) is 13.9 Å². The Balaban J connectivity index is -0.000000270. The van der Waals surface area contributed by atoms with Crippen LogP contribution in [0.1, 0.15) is 52.2 Å². The Labute approximate surface area is 141 Å². The molecule has 1 aromatic rings. The van der Waals surface area contributed by atoms with Gasteiger partial charge in [-0.25, -0.2) is 4.79 Å². The fourth-order valence-corrected chi connectivity index (χ4v) is 1.41. The summed E-state index contributed by atoms with van der Waals surface area (Å²) in [6.07, 6.45) is 1.49. The highest BCUT2D eigenvalue weighted by Crippen LogP contribution is 2.08. The summed E-state index contributed by atoms with van der Waals surface area (Å²) in [7, 11) is 1.43. The molecule has 5 nitrogen and oxygen atoms in total. The van der Waals surface area contributed by atoms with Gasteiger partial charge in [0.2, 0.25) is 0 Å². The van der Waals surface area contributed by atoms with E-state index < -0.39 is 6.09 Å². The fraction of sp³-hybridized carbons (Fsp3) is 0.611. The van der Waals surface area contributed by atoms with Crippen LogP contribution in [-0.4, -0.2) is 36.3 Å². The molecule has 0 aliphatic carbocycles. The third-order valence-electron chi connectivity index (χ3n) is 2.32. The summed E-state index contributed by atoms with van der Waals surface area (Å²) in [5.41, 5.74) is 2.91. The van der Waals surface area contributed by atoms with E-state index in [2.05, 4.69) is 48.2 Å². The first-order chi connectivity index (χ1) is 10.9. The predicted molar refractivity (Wildman–Crippen MR) is 96.9 cm³/mol. The van der Waals surface area contributed by atoms with Crippen LogP contribution in [0.5, 0.6) is 0 Å². The molecule has 0 heterocycles. The van der Waals surface area contributed by atoms with Crippen LogP contribution in [0.3, 0.4) is 0 Å². The number of benzene rings is 1. The van der Waals surface area contributed by atoms with Gasteiger partial charge in [0, 0.05) is 13.2 Å². The quantitative estimate of drug-likeness (QED) is 0.723. The molecule has 0 fully saturated rings. The maximum Gasteiger partial charge on any atom is 0.404 e. The second-order valence-corrected chi connectivity index (χ2v) is 4.70. The zero-order chi connectivity index (χ0) is 18.7. The molecular weight excluding hydrogens is 294 g/mol. The largest absolute Gasteiger partial charge is 0.465 e. The molecule has 0 saturated carbocycles. The molecule has 0 spiro atoms. The molecule has 1 aromatic carbocycles. The van der Waals surface area contributed by atoms with Gasteiger partial charge in [-0.3, -0.25) is 0 Å². The van der Waals surface area contributed by atoms with Gasteiger partial charge in [0.05, 0.1) is 0 Å². The molecule has 0 radical (unpaired) electrons. The zero-order valence-electron chi connectivity index (χ0n) is 15.7. The molecule has 1 rings (SSSR count). The van der Waals surface area contributed by atoms with E-state index in [0.29, 0.717) is 0 Å². The lowest BCUT2D eigenvalue weighted by Crippen LogP contribution is -2.27. The van der Waals surface area contributed by atoms with Gasteiger partial charge < -0.3 is 20.3 Å². The zero-order valence-corrected chi connectivity index (χ0v) is 15.7. The molecule has 0 bridgehead atoms. The Morgan fingerprint density at radius 3 is 2.00 bits per heavy atom. The molecule has 23 heavy (non-hydrogen) atoms. The topological polar surface area (TPSA) is 78.8 Å². The van der Waals surface area contributed by atoms with Crippen molar-refractivity contribution >= 4 is 6.09 Å². The standard InChI is InChI=1S/C10H14.C4H9NO2.C2H6O2.C2H6/c1-3-6-10-8-5-4-7-9(10)2;1-3(2)5-4(6)7;1-4-2-3;1-2/h4-5,7-8H,3,6H2,1-2H3;3,5H,1-2H3,(H,6,7);3H,2H2,1H3;1-2H3. The molecule has 136 valence electrons. The van der Waals surface area contributed by atoms with Crippen molar-refractivity contribution in [3.8, 4) is 0 Å². The van der Waals surface area contributed by atoms with Crippen molar-refractivity contribution in [3.63, 3.8) is 0 Å². The fourth-order valence-electron chi connectivity index (χ4n) is 1.41. The molecule has 5 heteroatoms. The van der Waals surface area contributed by atoms with E-state index in [-0.39, 0.29) is 12.8 Å². The van der Waals surface area contributed by atoms with Crippen molar-refractivity contribution < 1.29 is 19.7 Å². The summed E-state index contributed by atoms with van der Waals surface area (Å²) >= 11 is 0. The minimum Gasteiger partial charge on any atom is -0.465 e. The van der Waals surface area contributed by atoms with Gasteiger partial charge in [-0.05, 0) is 38.3 Å². The third kappa shape index (κ3) is 22.8. The van der Waals surface area contributed by atoms with E-state index in [1.54, 1.807) is 13.8 Å². The smallest absolute Gasteiger partial charge is 0.404 e. The van der Waals surface area contributed by atoms with E-state index in [4.69, 9.17) is 10.2 Å². The van der Waals surface area contributed by atoms with Crippen molar-refractivity contribution in [3.05, 3.63) is 35.4 Å². The number of aliphatic hydroxyl groups is 1. The number of amides is 1. The highest BCUT2D eigenvalue weighted by atomic mass is 16.6. The molecule has 1 amide bonds. The van der Waals surface area contributed by atoms with Crippen LogP contribution >= 0.6 is 0 Å². The number of rotatable bonds is 4. The summed E-state index contributed by atoms with van der Waals surface area (Å²) in [6, 6.07) is 8.61. The van der Waals surface area contributed by atoms with Crippen molar-refractivity contribution in [2.24, 2.45) is 0 Å². The first kappa shape index (κ1) is 26.3. The number of aryl methyl sites for hydroxylation is 2. The van der Waals surface area contributed by atoms with E-state index in [1.165, 1.54) is 31.1 Å². The summed E-state index contributed by atoms with van der Waals surface area (Å²) in [4.78, 5) is 9.70. The van der Waals surface area contributed by atoms with Crippen LogP contribution in [0.25, 0.3) is 0 Å². The number of ether oxygens (including phenoxy) is 1. The number of hydrogen-bond donors (Lipinski definition) is 3. The number of hydrogen-bond acceptors (Lipinski definition) is 3. The molecular formula is C18H35NO4. The van der Waals surface area contributed by atoms with E-state index in [9.17, 15) is 4.79 Å². The van der Waals surface area contributed by atoms with Gasteiger partial charge in [0.15, 0.2) is 0 Å². The van der Waals surface area contributed by atoms with Crippen LogP contribution in [0.15, 0.2) is 24.3 Å². The van der Waals surface area contributed by atoms with E-state index in [1.807, 2.05) is 13.8 Å². The summed E-state index contributed by atoms with van der Waals surface area (Å²) < 4.78 is 4.10. The van der Waals surface area contributed by atoms with Crippen molar-refractivity contribution in [1.82, 2.24) is 5.32 Å². The molecule has 0 aliphatic rings. The van der Waals surface area contributed by atoms with Gasteiger partial charge in [0.25, 0.3) is 0 Å². The lowest BCUT2D eigenvalue weighted by molar-refractivity contribution is 0.0325. The Morgan fingerprint density at radius 1 is 1.26 bits per heavy atom. The summed E-state index contributed by atoms with van der Waals surface area (Å²) in [5, 5.41) is 17.8. The van der Waals surface area contributed by atoms with Gasteiger partial charge in [-0.2, -0.15) is 0 Å². The highest BCUT2D eigenvalue weighted by Gasteiger charge is 1.94. The second kappa shape index (κ2) is 20.4. The number of methoxy groups -OCH3 is 1. The SMILES string of the molecule is CC.CC(C)NC(=O)O.CCCc1ccccc1C.COCO. The Bertz CT molecular complexity index is 366. The average Bonchev–Trinajstić information content (AvgIpc) is 2.51. The number of carbonyl (C=O) groups is 1. The molecule has 0 aromatic heterocycles. The first-order valence-corrected chi connectivity index (χ1v) is 8.02. The summed E-state index contributed by atoms with van der Waals surface area (Å²) in [6.45, 7) is 11.7. The molecule has 0 saturated heterocycles. The minimum absolute atomic E-state index is 0.0255. The van der Waals surface area contributed by atoms with Gasteiger partial charge in [0.1, 0.15) is 6.79 Å². The van der Waals surface area contributed by atoms with Gasteiger partial charge in [-0.1, -0.05) is 51.5 Å². The average molecular weight is 329 g/mol. The predicted octanol–water partition coefficient (Wildman–Crippen LogP) is 4.22. The molecule has 0 aliphatic heterocycles. The first-order valence-electron chi connectivity index (χ1n) is 8.02. The van der Waals surface area contributed by atoms with Crippen LogP contribution in [0.2, 0.25) is 0 Å². The van der Waals surface area contributed by atoms with Crippen molar-refractivity contribution in [1.29, 1.82) is 0 Å². The van der Waals surface area contributed by atoms with Crippen LogP contribution in [0.4, 0.5) is 4.79 Å². The minimum atomic E-state index is -0.963. The van der Waals surface area contributed by atoms with Gasteiger partial charge >= 0.3 is 6.09 Å². The van der Waals surface area contributed by atoms with E-state index >= 15 is 0 Å². The van der Waals surface area contributed by atoms with Crippen molar-refractivity contribution in [2.45, 2.75) is 60.4 Å². The normalized spacial score (nSPS) is 8.57. The molecule has 0 unspecified atom stereocenters. The molecule has 0 atom stereocenters. The van der Waals surface area contributed by atoms with Crippen LogP contribution < -0.4 is 5.32 Å².